The van der Waals surface area contributed by atoms with E-state index in [-0.39, 0.29) is 12.0 Å². The van der Waals surface area contributed by atoms with Crippen LogP contribution in [0.5, 0.6) is 0 Å². The second-order valence-corrected chi connectivity index (χ2v) is 6.12. The van der Waals surface area contributed by atoms with Crippen molar-refractivity contribution < 1.29 is 19.4 Å². The third-order valence-corrected chi connectivity index (χ3v) is 4.22. The van der Waals surface area contributed by atoms with Crippen LogP contribution in [0.3, 0.4) is 0 Å². The summed E-state index contributed by atoms with van der Waals surface area (Å²) in [6, 6.07) is 0. The lowest BCUT2D eigenvalue weighted by Crippen LogP contribution is -2.46. The van der Waals surface area contributed by atoms with Crippen LogP contribution in [-0.2, 0) is 14.3 Å². The summed E-state index contributed by atoms with van der Waals surface area (Å²) in [6.45, 7) is 6.45. The van der Waals surface area contributed by atoms with E-state index in [1.54, 1.807) is 0 Å². The second-order valence-electron chi connectivity index (χ2n) is 6.12. The molecule has 1 amide bonds. The van der Waals surface area contributed by atoms with E-state index in [0.717, 1.165) is 13.1 Å². The summed E-state index contributed by atoms with van der Waals surface area (Å²) >= 11 is 0. The van der Waals surface area contributed by atoms with E-state index in [9.17, 15) is 9.59 Å². The fraction of sp³-hybridized carbons (Fsp3) is 0.846. The highest BCUT2D eigenvalue weighted by molar-refractivity contribution is 5.91. The maximum absolute atomic E-state index is 12.0. The van der Waals surface area contributed by atoms with Crippen LogP contribution < -0.4 is 5.32 Å². The minimum absolute atomic E-state index is 0.00663. The summed E-state index contributed by atoms with van der Waals surface area (Å²) in [7, 11) is 2.02. The number of likely N-dealkylation sites (N-methyl/N-ethyl adjacent to an activating group) is 1. The van der Waals surface area contributed by atoms with Crippen LogP contribution in [0, 0.1) is 17.3 Å². The van der Waals surface area contributed by atoms with Crippen molar-refractivity contribution in [2.75, 3.05) is 33.3 Å². The Bertz CT molecular complexity index is 383. The zero-order chi connectivity index (χ0) is 14.2. The van der Waals surface area contributed by atoms with E-state index in [2.05, 4.69) is 10.2 Å². The predicted molar refractivity (Wildman–Crippen MR) is 68.6 cm³/mol. The van der Waals surface area contributed by atoms with Crippen molar-refractivity contribution in [3.63, 3.8) is 0 Å². The quantitative estimate of drug-likeness (QED) is 0.739. The van der Waals surface area contributed by atoms with Gasteiger partial charge in [-0.2, -0.15) is 0 Å². The van der Waals surface area contributed by atoms with Crippen LogP contribution in [0.2, 0.25) is 0 Å². The van der Waals surface area contributed by atoms with E-state index in [0.29, 0.717) is 13.2 Å². The van der Waals surface area contributed by atoms with Gasteiger partial charge in [-0.1, -0.05) is 13.8 Å². The Morgan fingerprint density at radius 2 is 2.11 bits per heavy atom. The normalized spacial score (nSPS) is 33.7. The van der Waals surface area contributed by atoms with Gasteiger partial charge in [-0.25, -0.2) is 0 Å². The molecule has 6 nitrogen and oxygen atoms in total. The molecule has 6 heteroatoms. The van der Waals surface area contributed by atoms with Gasteiger partial charge in [0, 0.05) is 19.6 Å². The molecule has 1 unspecified atom stereocenters. The number of morpholine rings is 1. The number of ether oxygens (including phenoxy) is 1. The maximum atomic E-state index is 12.0. The summed E-state index contributed by atoms with van der Waals surface area (Å²) < 4.78 is 5.55. The highest BCUT2D eigenvalue weighted by atomic mass is 16.5. The molecule has 3 atom stereocenters. The maximum Gasteiger partial charge on any atom is 0.307 e. The summed E-state index contributed by atoms with van der Waals surface area (Å²) in [5, 5.41) is 11.9. The summed E-state index contributed by atoms with van der Waals surface area (Å²) in [4.78, 5) is 25.2. The van der Waals surface area contributed by atoms with Crippen molar-refractivity contribution in [3.8, 4) is 0 Å². The van der Waals surface area contributed by atoms with Crippen molar-refractivity contribution in [2.45, 2.75) is 20.0 Å². The minimum Gasteiger partial charge on any atom is -0.481 e. The highest BCUT2D eigenvalue weighted by Crippen LogP contribution is 2.58. The van der Waals surface area contributed by atoms with Gasteiger partial charge in [-0.3, -0.25) is 9.59 Å². The molecule has 0 aromatic rings. The monoisotopic (exact) mass is 270 g/mol. The van der Waals surface area contributed by atoms with Gasteiger partial charge in [0.15, 0.2) is 0 Å². The molecule has 0 aromatic carbocycles. The first-order chi connectivity index (χ1) is 8.84. The largest absolute Gasteiger partial charge is 0.481 e. The first-order valence-corrected chi connectivity index (χ1v) is 6.64. The number of nitrogens with one attached hydrogen (secondary N) is 1. The second kappa shape index (κ2) is 5.09. The fourth-order valence-corrected chi connectivity index (χ4v) is 2.90. The highest BCUT2D eigenvalue weighted by Gasteiger charge is 2.65. The number of nitrogens with zero attached hydrogens (tertiary/aromatic N) is 1. The average molecular weight is 270 g/mol. The summed E-state index contributed by atoms with van der Waals surface area (Å²) in [5.41, 5.74) is -0.444. The van der Waals surface area contributed by atoms with E-state index in [4.69, 9.17) is 9.84 Å². The Hall–Kier alpha value is -1.14. The van der Waals surface area contributed by atoms with Gasteiger partial charge < -0.3 is 20.1 Å². The van der Waals surface area contributed by atoms with E-state index in [1.807, 2.05) is 20.9 Å². The molecule has 1 saturated heterocycles. The molecule has 0 aromatic heterocycles. The Kier molecular flexibility index (Phi) is 3.82. The van der Waals surface area contributed by atoms with Gasteiger partial charge in [-0.05, 0) is 12.5 Å². The van der Waals surface area contributed by atoms with Gasteiger partial charge in [0.05, 0.1) is 24.5 Å². The lowest BCUT2D eigenvalue weighted by Gasteiger charge is -2.30. The standard InChI is InChI=1S/C13H22N2O4/c1-13(2)9(10(13)12(17)18)11(16)14-6-8-7-15(3)4-5-19-8/h8-10H,4-7H2,1-3H3,(H,14,16)(H,17,18)/t8?,9-,10+/m1/s1. The smallest absolute Gasteiger partial charge is 0.307 e. The van der Waals surface area contributed by atoms with Crippen LogP contribution >= 0.6 is 0 Å². The number of hydrogen-bond acceptors (Lipinski definition) is 4. The van der Waals surface area contributed by atoms with Gasteiger partial charge in [-0.15, -0.1) is 0 Å². The molecule has 0 bridgehead atoms. The number of carbonyl (C=O) groups excluding carboxylic acids is 1. The molecule has 19 heavy (non-hydrogen) atoms. The molecule has 1 aliphatic heterocycles. The Morgan fingerprint density at radius 3 is 2.63 bits per heavy atom. The molecule has 1 heterocycles. The third-order valence-electron chi connectivity index (χ3n) is 4.22. The van der Waals surface area contributed by atoms with E-state index < -0.39 is 23.2 Å². The number of amides is 1. The molecule has 2 N–H and O–H groups in total. The van der Waals surface area contributed by atoms with Crippen molar-refractivity contribution in [1.29, 1.82) is 0 Å². The van der Waals surface area contributed by atoms with Crippen LogP contribution in [0.4, 0.5) is 0 Å². The average Bonchev–Trinajstić information content (AvgIpc) is 2.90. The van der Waals surface area contributed by atoms with Gasteiger partial charge >= 0.3 is 5.97 Å². The lowest BCUT2D eigenvalue weighted by molar-refractivity contribution is -0.140. The Balaban J connectivity index is 1.81. The van der Waals surface area contributed by atoms with Gasteiger partial charge in [0.25, 0.3) is 0 Å². The van der Waals surface area contributed by atoms with Gasteiger partial charge in [0.2, 0.25) is 5.91 Å². The molecule has 0 spiro atoms. The van der Waals surface area contributed by atoms with Crippen molar-refractivity contribution >= 4 is 11.9 Å². The first kappa shape index (κ1) is 14.3. The van der Waals surface area contributed by atoms with Crippen LogP contribution in [0.25, 0.3) is 0 Å². The molecule has 2 fully saturated rings. The molecule has 2 rings (SSSR count). The van der Waals surface area contributed by atoms with E-state index >= 15 is 0 Å². The Morgan fingerprint density at radius 1 is 1.42 bits per heavy atom. The first-order valence-electron chi connectivity index (χ1n) is 6.64. The molecule has 0 radical (unpaired) electrons. The zero-order valence-corrected chi connectivity index (χ0v) is 11.7. The molecular weight excluding hydrogens is 248 g/mol. The lowest BCUT2D eigenvalue weighted by atomic mass is 10.1. The van der Waals surface area contributed by atoms with Crippen molar-refractivity contribution in [1.82, 2.24) is 10.2 Å². The topological polar surface area (TPSA) is 78.9 Å². The number of aliphatic carboxylic acids is 1. The minimum atomic E-state index is -0.890. The molecule has 1 aliphatic carbocycles. The Labute approximate surface area is 113 Å². The van der Waals surface area contributed by atoms with Crippen molar-refractivity contribution in [3.05, 3.63) is 0 Å². The predicted octanol–water partition coefficient (Wildman–Crippen LogP) is -0.210. The van der Waals surface area contributed by atoms with Gasteiger partial charge in [0.1, 0.15) is 0 Å². The van der Waals surface area contributed by atoms with Crippen LogP contribution in [0.15, 0.2) is 0 Å². The molecular formula is C13H22N2O4. The number of carboxylic acid groups (broad SMARTS) is 1. The van der Waals surface area contributed by atoms with Crippen LogP contribution in [-0.4, -0.2) is 61.3 Å². The number of carbonyl (C=O) groups is 2. The fourth-order valence-electron chi connectivity index (χ4n) is 2.90. The summed E-state index contributed by atoms with van der Waals surface area (Å²) in [6.07, 6.45) is -0.00663. The molecule has 2 aliphatic rings. The summed E-state index contributed by atoms with van der Waals surface area (Å²) in [5.74, 6) is -2.05. The van der Waals surface area contributed by atoms with E-state index in [1.165, 1.54) is 0 Å². The number of carboxylic acids is 1. The molecule has 108 valence electrons. The third kappa shape index (κ3) is 2.90. The SMILES string of the molecule is CN1CCOC(CNC(=O)[C@H]2[C@@H](C(=O)O)C2(C)C)C1. The van der Waals surface area contributed by atoms with Crippen molar-refractivity contribution in [2.24, 2.45) is 17.3 Å². The number of hydrogen-bond donors (Lipinski definition) is 2. The zero-order valence-electron chi connectivity index (χ0n) is 11.7. The number of rotatable bonds is 4. The molecule has 1 saturated carbocycles. The van der Waals surface area contributed by atoms with Crippen LogP contribution in [0.1, 0.15) is 13.8 Å².